The third kappa shape index (κ3) is 42.7. The van der Waals surface area contributed by atoms with Crippen LogP contribution in [0.3, 0.4) is 0 Å². The number of rotatable bonds is 52. The van der Waals surface area contributed by atoms with Crippen LogP contribution < -0.4 is 0 Å². The molecule has 0 N–H and O–H groups in total. The number of carbonyl (C=O) groups is 4. The van der Waals surface area contributed by atoms with Crippen molar-refractivity contribution in [2.75, 3.05) is 13.2 Å². The molecule has 9 nitrogen and oxygen atoms in total. The molecule has 0 aliphatic carbocycles. The second kappa shape index (κ2) is 49.6. The molecular weight excluding hydrogens is 877 g/mol. The van der Waals surface area contributed by atoms with E-state index in [9.17, 15) is 19.2 Å². The van der Waals surface area contributed by atoms with Gasteiger partial charge in [0.1, 0.15) is 18.8 Å². The third-order valence-corrected chi connectivity index (χ3v) is 13.5. The first kappa shape index (κ1) is 65.1. The van der Waals surface area contributed by atoms with Crippen molar-refractivity contribution in [2.24, 2.45) is 0 Å². The maximum absolute atomic E-state index is 12.9. The van der Waals surface area contributed by atoms with Gasteiger partial charge in [-0.25, -0.2) is 0 Å². The Balaban J connectivity index is 2.42. The van der Waals surface area contributed by atoms with Gasteiger partial charge in [-0.3, -0.25) is 19.2 Å². The molecule has 70 heavy (non-hydrogen) atoms. The number of benzene rings is 1. The van der Waals surface area contributed by atoms with E-state index in [2.05, 4.69) is 27.7 Å². The number of unbranched alkanes of at least 4 members (excludes halogenated alkanes) is 27. The Morgan fingerprint density at radius 1 is 0.343 bits per heavy atom. The van der Waals surface area contributed by atoms with Gasteiger partial charge in [0, 0.05) is 25.7 Å². The molecule has 1 atom stereocenters. The number of esters is 4. The van der Waals surface area contributed by atoms with E-state index in [0.717, 1.165) is 102 Å². The summed E-state index contributed by atoms with van der Waals surface area (Å²) in [4.78, 5) is 51.3. The van der Waals surface area contributed by atoms with Crippen molar-refractivity contribution >= 4 is 23.9 Å². The summed E-state index contributed by atoms with van der Waals surface area (Å²) in [5.41, 5.74) is 1.01. The molecule has 0 aliphatic rings. The van der Waals surface area contributed by atoms with E-state index in [1.54, 1.807) is 0 Å². The van der Waals surface area contributed by atoms with Crippen molar-refractivity contribution in [1.82, 2.24) is 0 Å². The van der Waals surface area contributed by atoms with Gasteiger partial charge in [0.2, 0.25) is 0 Å². The molecule has 0 aliphatic heterocycles. The normalized spacial score (nSPS) is 11.9. The van der Waals surface area contributed by atoms with Gasteiger partial charge >= 0.3 is 23.9 Å². The van der Waals surface area contributed by atoms with Crippen LogP contribution in [0.25, 0.3) is 0 Å². The predicted molar refractivity (Wildman–Crippen MR) is 289 cm³/mol. The second-order valence-corrected chi connectivity index (χ2v) is 20.4. The number of hydrogen-bond acceptors (Lipinski definition) is 9. The zero-order valence-corrected chi connectivity index (χ0v) is 45.9. The summed E-state index contributed by atoms with van der Waals surface area (Å²) < 4.78 is 29.3. The van der Waals surface area contributed by atoms with Crippen LogP contribution in [-0.2, 0) is 49.5 Å². The lowest BCUT2D eigenvalue weighted by Gasteiger charge is -2.18. The summed E-state index contributed by atoms with van der Waals surface area (Å²) in [7, 11) is 0. The molecule has 0 aromatic heterocycles. The average Bonchev–Trinajstić information content (AvgIpc) is 3.35. The first-order chi connectivity index (χ1) is 34.3. The molecule has 0 heterocycles. The van der Waals surface area contributed by atoms with Gasteiger partial charge in [-0.1, -0.05) is 219 Å². The van der Waals surface area contributed by atoms with Gasteiger partial charge in [0.25, 0.3) is 0 Å². The summed E-state index contributed by atoms with van der Waals surface area (Å²) in [6, 6.07) is 9.80. The molecule has 0 amide bonds. The lowest BCUT2D eigenvalue weighted by atomic mass is 10.0. The molecule has 406 valence electrons. The molecule has 0 unspecified atom stereocenters. The quantitative estimate of drug-likeness (QED) is 0.0357. The Hall–Kier alpha value is -2.94. The van der Waals surface area contributed by atoms with Crippen molar-refractivity contribution in [2.45, 2.75) is 316 Å². The lowest BCUT2D eigenvalue weighted by molar-refractivity contribution is -0.163. The zero-order valence-electron chi connectivity index (χ0n) is 45.9. The standard InChI is InChI=1S/C61H108O9/c1-5-9-13-17-22-33-43-55(44-34-23-18-14-10-6-2)68-59(63)48-38-26-21-27-39-50-61(65)70-57(52-66-51-54-41-31-30-32-42-54)53-67-58(62)47-37-28-29-40-49-60(64)69-56(45-35-24-19-15-11-7-3)46-36-25-20-16-12-8-4/h30-32,41-42,55-57H,5-29,33-40,43-53H2,1-4H3/t57-/m1/s1. The van der Waals surface area contributed by atoms with Crippen LogP contribution in [0, 0.1) is 0 Å². The van der Waals surface area contributed by atoms with Gasteiger partial charge in [0.15, 0.2) is 6.10 Å². The van der Waals surface area contributed by atoms with E-state index in [0.29, 0.717) is 32.3 Å². The maximum atomic E-state index is 12.9. The molecule has 9 heteroatoms. The van der Waals surface area contributed by atoms with Crippen LogP contribution in [0.4, 0.5) is 0 Å². The topological polar surface area (TPSA) is 114 Å². The van der Waals surface area contributed by atoms with Gasteiger partial charge < -0.3 is 23.7 Å². The lowest BCUT2D eigenvalue weighted by Crippen LogP contribution is -2.29. The highest BCUT2D eigenvalue weighted by Gasteiger charge is 2.19. The van der Waals surface area contributed by atoms with Gasteiger partial charge in [-0.05, 0) is 82.6 Å². The Morgan fingerprint density at radius 3 is 1.00 bits per heavy atom. The zero-order chi connectivity index (χ0) is 50.8. The highest BCUT2D eigenvalue weighted by molar-refractivity contribution is 5.71. The number of ether oxygens (including phenoxy) is 5. The van der Waals surface area contributed by atoms with Crippen molar-refractivity contribution < 1.29 is 42.9 Å². The highest BCUT2D eigenvalue weighted by atomic mass is 16.6. The Kier molecular flexibility index (Phi) is 46.1. The van der Waals surface area contributed by atoms with Crippen molar-refractivity contribution in [3.05, 3.63) is 35.9 Å². The third-order valence-electron chi connectivity index (χ3n) is 13.5. The van der Waals surface area contributed by atoms with E-state index in [1.807, 2.05) is 30.3 Å². The fourth-order valence-corrected chi connectivity index (χ4v) is 9.09. The maximum Gasteiger partial charge on any atom is 0.306 e. The summed E-state index contributed by atoms with van der Waals surface area (Å²) >= 11 is 0. The molecule has 1 aromatic carbocycles. The second-order valence-electron chi connectivity index (χ2n) is 20.4. The minimum Gasteiger partial charge on any atom is -0.462 e. The van der Waals surface area contributed by atoms with Gasteiger partial charge in [-0.2, -0.15) is 0 Å². The minimum absolute atomic E-state index is 0.0311. The first-order valence-corrected chi connectivity index (χ1v) is 29.7. The van der Waals surface area contributed by atoms with Crippen LogP contribution >= 0.6 is 0 Å². The van der Waals surface area contributed by atoms with Crippen molar-refractivity contribution in [3.8, 4) is 0 Å². The molecule has 1 rings (SSSR count). The molecule has 1 aromatic rings. The Labute approximate surface area is 430 Å². The van der Waals surface area contributed by atoms with Gasteiger partial charge in [-0.15, -0.1) is 0 Å². The van der Waals surface area contributed by atoms with Crippen molar-refractivity contribution in [3.63, 3.8) is 0 Å². The SMILES string of the molecule is CCCCCCCCC(CCCCCCCC)OC(=O)CCCCCCCC(=O)O[C@H](COCc1ccccc1)COC(=O)CCCCCCC(=O)OC(CCCCCCCC)CCCCCCCC. The van der Waals surface area contributed by atoms with E-state index in [-0.39, 0.29) is 62.1 Å². The minimum atomic E-state index is -0.700. The number of carbonyl (C=O) groups excluding carboxylic acids is 4. The van der Waals surface area contributed by atoms with Crippen LogP contribution in [0.2, 0.25) is 0 Å². The summed E-state index contributed by atoms with van der Waals surface area (Å²) in [5, 5.41) is 0. The fraction of sp³-hybridized carbons (Fsp3) is 0.836. The Bertz CT molecular complexity index is 1300. The summed E-state index contributed by atoms with van der Waals surface area (Å²) in [6.07, 6.45) is 41.8. The van der Waals surface area contributed by atoms with E-state index in [4.69, 9.17) is 23.7 Å². The summed E-state index contributed by atoms with van der Waals surface area (Å²) in [6.45, 7) is 9.40. The molecule has 0 saturated heterocycles. The van der Waals surface area contributed by atoms with E-state index >= 15 is 0 Å². The molecule has 0 bridgehead atoms. The Morgan fingerprint density at radius 2 is 0.643 bits per heavy atom. The van der Waals surface area contributed by atoms with Crippen LogP contribution in [0.15, 0.2) is 30.3 Å². The molecule has 0 radical (unpaired) electrons. The molecule has 0 fully saturated rings. The first-order valence-electron chi connectivity index (χ1n) is 29.7. The average molecular weight is 986 g/mol. The van der Waals surface area contributed by atoms with E-state index in [1.165, 1.54) is 128 Å². The van der Waals surface area contributed by atoms with Crippen LogP contribution in [0.1, 0.15) is 297 Å². The largest absolute Gasteiger partial charge is 0.462 e. The monoisotopic (exact) mass is 985 g/mol. The smallest absolute Gasteiger partial charge is 0.306 e. The highest BCUT2D eigenvalue weighted by Crippen LogP contribution is 2.21. The molecular formula is C61H108O9. The number of hydrogen-bond donors (Lipinski definition) is 0. The van der Waals surface area contributed by atoms with Crippen LogP contribution in [-0.4, -0.2) is 55.4 Å². The fourth-order valence-electron chi connectivity index (χ4n) is 9.09. The molecule has 0 spiro atoms. The molecule has 0 saturated carbocycles. The predicted octanol–water partition coefficient (Wildman–Crippen LogP) is 17.6. The van der Waals surface area contributed by atoms with Crippen LogP contribution in [0.5, 0.6) is 0 Å². The van der Waals surface area contributed by atoms with E-state index < -0.39 is 6.10 Å². The van der Waals surface area contributed by atoms with Crippen molar-refractivity contribution in [1.29, 1.82) is 0 Å². The van der Waals surface area contributed by atoms with Gasteiger partial charge in [0.05, 0.1) is 13.2 Å². The summed E-state index contributed by atoms with van der Waals surface area (Å²) in [5.74, 6) is -0.817.